The monoisotopic (exact) mass is 395 g/mol. The number of hydrogen-bond acceptors (Lipinski definition) is 3. The number of amides is 2. The van der Waals surface area contributed by atoms with Crippen molar-refractivity contribution < 1.29 is 14.0 Å². The van der Waals surface area contributed by atoms with Gasteiger partial charge in [-0.1, -0.05) is 24.3 Å². The third-order valence-electron chi connectivity index (χ3n) is 5.80. The molecule has 4 rings (SSSR count). The molecule has 2 aromatic carbocycles. The lowest BCUT2D eigenvalue weighted by Gasteiger charge is -2.28. The molecule has 2 heterocycles. The Hall–Kier alpha value is -2.73. The summed E-state index contributed by atoms with van der Waals surface area (Å²) in [4.78, 5) is 28.8. The van der Waals surface area contributed by atoms with Gasteiger partial charge in [-0.25, -0.2) is 4.39 Å². The topological polar surface area (TPSA) is 52.7 Å². The quantitative estimate of drug-likeness (QED) is 0.814. The van der Waals surface area contributed by atoms with Crippen LogP contribution in [0.1, 0.15) is 47.6 Å². The van der Waals surface area contributed by atoms with Crippen LogP contribution < -0.4 is 10.2 Å². The zero-order chi connectivity index (χ0) is 20.2. The number of rotatable bonds is 6. The molecule has 5 nitrogen and oxygen atoms in total. The minimum atomic E-state index is -0.242. The molecule has 0 aromatic heterocycles. The van der Waals surface area contributed by atoms with Crippen LogP contribution >= 0.6 is 0 Å². The van der Waals surface area contributed by atoms with Crippen LogP contribution in [0.15, 0.2) is 48.5 Å². The van der Waals surface area contributed by atoms with Gasteiger partial charge in [0.2, 0.25) is 5.91 Å². The van der Waals surface area contributed by atoms with Gasteiger partial charge in [0.15, 0.2) is 0 Å². The highest BCUT2D eigenvalue weighted by Gasteiger charge is 2.26. The number of hydrogen-bond donors (Lipinski definition) is 1. The van der Waals surface area contributed by atoms with Gasteiger partial charge in [0.05, 0.1) is 6.04 Å². The first-order valence-electron chi connectivity index (χ1n) is 10.3. The van der Waals surface area contributed by atoms with Gasteiger partial charge in [0.25, 0.3) is 5.91 Å². The third kappa shape index (κ3) is 4.32. The Bertz CT molecular complexity index is 895. The number of likely N-dealkylation sites (tertiary alicyclic amines) is 1. The Morgan fingerprint density at radius 2 is 1.83 bits per heavy atom. The predicted octanol–water partition coefficient (Wildman–Crippen LogP) is 3.52. The molecule has 2 amide bonds. The molecule has 2 saturated heterocycles. The molecule has 1 N–H and O–H groups in total. The van der Waals surface area contributed by atoms with Crippen molar-refractivity contribution in [1.82, 2.24) is 10.2 Å². The van der Waals surface area contributed by atoms with Crippen LogP contribution in [0.3, 0.4) is 0 Å². The molecule has 2 aliphatic heterocycles. The van der Waals surface area contributed by atoms with Crippen molar-refractivity contribution in [3.8, 4) is 0 Å². The van der Waals surface area contributed by atoms with Gasteiger partial charge in [0, 0.05) is 36.3 Å². The van der Waals surface area contributed by atoms with Crippen molar-refractivity contribution in [3.63, 3.8) is 0 Å². The molecule has 2 aliphatic rings. The first-order valence-corrected chi connectivity index (χ1v) is 10.3. The Labute approximate surface area is 170 Å². The molecule has 1 unspecified atom stereocenters. The summed E-state index contributed by atoms with van der Waals surface area (Å²) in [6, 6.07) is 13.7. The van der Waals surface area contributed by atoms with E-state index in [0.29, 0.717) is 30.6 Å². The van der Waals surface area contributed by atoms with E-state index in [1.54, 1.807) is 35.2 Å². The number of carbonyl (C=O) groups excluding carboxylic acids is 2. The molecule has 2 aromatic rings. The summed E-state index contributed by atoms with van der Waals surface area (Å²) < 4.78 is 14.4. The maximum atomic E-state index is 14.4. The molecule has 152 valence electrons. The molecule has 0 aliphatic carbocycles. The van der Waals surface area contributed by atoms with Gasteiger partial charge in [-0.15, -0.1) is 0 Å². The summed E-state index contributed by atoms with van der Waals surface area (Å²) in [6.45, 7) is 2.84. The van der Waals surface area contributed by atoms with Crippen LogP contribution in [-0.2, 0) is 4.79 Å². The largest absolute Gasteiger partial charge is 0.350 e. The van der Waals surface area contributed by atoms with Crippen molar-refractivity contribution in [2.45, 2.75) is 31.7 Å². The minimum absolute atomic E-state index is 0.0937. The van der Waals surface area contributed by atoms with Crippen molar-refractivity contribution in [1.29, 1.82) is 0 Å². The lowest BCUT2D eigenvalue weighted by Crippen LogP contribution is -2.37. The zero-order valence-electron chi connectivity index (χ0n) is 16.4. The lowest BCUT2D eigenvalue weighted by atomic mass is 10.0. The molecule has 0 radical (unpaired) electrons. The summed E-state index contributed by atoms with van der Waals surface area (Å²) in [7, 11) is 0. The van der Waals surface area contributed by atoms with E-state index in [1.165, 1.54) is 6.07 Å². The standard InChI is InChI=1S/C23H26FN3O2/c24-20-10-2-1-9-19(20)21(26-12-3-4-13-26)16-25-23(29)17-7-5-8-18(15-17)27-14-6-11-22(27)28/h1-2,5,7-10,15,21H,3-4,6,11-14,16H2,(H,25,29). The molecule has 0 bridgehead atoms. The Kier molecular flexibility index (Phi) is 5.90. The molecular formula is C23H26FN3O2. The van der Waals surface area contributed by atoms with Crippen molar-refractivity contribution >= 4 is 17.5 Å². The maximum absolute atomic E-state index is 14.4. The van der Waals surface area contributed by atoms with E-state index in [-0.39, 0.29) is 23.7 Å². The third-order valence-corrected chi connectivity index (χ3v) is 5.80. The number of nitrogens with zero attached hydrogens (tertiary/aromatic N) is 2. The van der Waals surface area contributed by atoms with Crippen LogP contribution in [0.25, 0.3) is 0 Å². The van der Waals surface area contributed by atoms with E-state index in [9.17, 15) is 14.0 Å². The van der Waals surface area contributed by atoms with Crippen LogP contribution in [0, 0.1) is 5.82 Å². The number of halogens is 1. The van der Waals surface area contributed by atoms with Crippen LogP contribution in [0.5, 0.6) is 0 Å². The van der Waals surface area contributed by atoms with Crippen molar-refractivity contribution in [2.24, 2.45) is 0 Å². The maximum Gasteiger partial charge on any atom is 0.251 e. The zero-order valence-corrected chi connectivity index (χ0v) is 16.4. The summed E-state index contributed by atoms with van der Waals surface area (Å²) in [6.07, 6.45) is 3.57. The van der Waals surface area contributed by atoms with Crippen LogP contribution in [0.4, 0.5) is 10.1 Å². The average Bonchev–Trinajstić information content (AvgIpc) is 3.41. The Morgan fingerprint density at radius 1 is 1.03 bits per heavy atom. The van der Waals surface area contributed by atoms with E-state index in [4.69, 9.17) is 0 Å². The Balaban J connectivity index is 1.48. The fourth-order valence-corrected chi connectivity index (χ4v) is 4.26. The highest BCUT2D eigenvalue weighted by atomic mass is 19.1. The number of anilines is 1. The lowest BCUT2D eigenvalue weighted by molar-refractivity contribution is -0.117. The van der Waals surface area contributed by atoms with Crippen molar-refractivity contribution in [3.05, 3.63) is 65.5 Å². The normalized spacial score (nSPS) is 18.2. The second kappa shape index (κ2) is 8.74. The molecule has 0 spiro atoms. The number of carbonyl (C=O) groups is 2. The summed E-state index contributed by atoms with van der Waals surface area (Å²) in [5.74, 6) is -0.358. The Morgan fingerprint density at radius 3 is 2.55 bits per heavy atom. The SMILES string of the molecule is O=C(NCC(c1ccccc1F)N1CCCC1)c1cccc(N2CCCC2=O)c1. The van der Waals surface area contributed by atoms with Crippen molar-refractivity contribution in [2.75, 3.05) is 31.1 Å². The summed E-state index contributed by atoms with van der Waals surface area (Å²) >= 11 is 0. The van der Waals surface area contributed by atoms with E-state index in [2.05, 4.69) is 10.2 Å². The summed E-state index contributed by atoms with van der Waals surface area (Å²) in [5.41, 5.74) is 1.88. The highest BCUT2D eigenvalue weighted by Crippen LogP contribution is 2.27. The molecule has 1 atom stereocenters. The molecular weight excluding hydrogens is 369 g/mol. The van der Waals surface area contributed by atoms with E-state index < -0.39 is 0 Å². The van der Waals surface area contributed by atoms with E-state index in [0.717, 1.165) is 38.0 Å². The van der Waals surface area contributed by atoms with E-state index in [1.807, 2.05) is 12.1 Å². The van der Waals surface area contributed by atoms with Gasteiger partial charge in [0.1, 0.15) is 5.82 Å². The predicted molar refractivity (Wildman–Crippen MR) is 110 cm³/mol. The average molecular weight is 395 g/mol. The van der Waals surface area contributed by atoms with Gasteiger partial charge in [-0.05, 0) is 56.6 Å². The molecule has 29 heavy (non-hydrogen) atoms. The van der Waals surface area contributed by atoms with E-state index >= 15 is 0 Å². The second-order valence-corrected chi connectivity index (χ2v) is 7.69. The van der Waals surface area contributed by atoms with Gasteiger partial charge >= 0.3 is 0 Å². The fourth-order valence-electron chi connectivity index (χ4n) is 4.26. The smallest absolute Gasteiger partial charge is 0.251 e. The molecule has 2 fully saturated rings. The van der Waals surface area contributed by atoms with Gasteiger partial charge < -0.3 is 10.2 Å². The minimum Gasteiger partial charge on any atom is -0.350 e. The van der Waals surface area contributed by atoms with Crippen LogP contribution in [0.2, 0.25) is 0 Å². The fraction of sp³-hybridized carbons (Fsp3) is 0.391. The van der Waals surface area contributed by atoms with Crippen LogP contribution in [-0.4, -0.2) is 42.9 Å². The molecule has 0 saturated carbocycles. The van der Waals surface area contributed by atoms with Gasteiger partial charge in [-0.2, -0.15) is 0 Å². The first kappa shape index (κ1) is 19.6. The number of nitrogens with one attached hydrogen (secondary N) is 1. The summed E-state index contributed by atoms with van der Waals surface area (Å²) in [5, 5.41) is 2.98. The van der Waals surface area contributed by atoms with Gasteiger partial charge in [-0.3, -0.25) is 14.5 Å². The second-order valence-electron chi connectivity index (χ2n) is 7.69. The molecule has 6 heteroatoms. The highest BCUT2D eigenvalue weighted by molar-refractivity contribution is 5.99. The number of benzene rings is 2. The first-order chi connectivity index (χ1) is 14.1.